The Morgan fingerprint density at radius 2 is 2.00 bits per heavy atom. The molecule has 118 valence electrons. The molecule has 0 bridgehead atoms. The molecule has 3 aromatic heterocycles. The third-order valence-corrected chi connectivity index (χ3v) is 4.13. The van der Waals surface area contributed by atoms with Crippen molar-refractivity contribution in [1.29, 1.82) is 0 Å². The Bertz CT molecular complexity index is 906. The van der Waals surface area contributed by atoms with Gasteiger partial charge in [0.1, 0.15) is 5.65 Å². The number of aryl methyl sites for hydroxylation is 1. The zero-order chi connectivity index (χ0) is 15.8. The van der Waals surface area contributed by atoms with E-state index in [-0.39, 0.29) is 5.56 Å². The molecule has 4 heterocycles. The molecule has 0 aliphatic carbocycles. The number of rotatable bonds is 2. The van der Waals surface area contributed by atoms with Crippen LogP contribution < -0.4 is 15.8 Å². The van der Waals surface area contributed by atoms with Crippen LogP contribution >= 0.6 is 0 Å². The van der Waals surface area contributed by atoms with Gasteiger partial charge in [0.2, 0.25) is 0 Å². The van der Waals surface area contributed by atoms with E-state index in [2.05, 4.69) is 20.3 Å². The van der Waals surface area contributed by atoms with E-state index in [1.165, 1.54) is 0 Å². The maximum Gasteiger partial charge on any atom is 0.258 e. The first-order chi connectivity index (χ1) is 11.2. The molecule has 0 atom stereocenters. The topological polar surface area (TPSA) is 67.5 Å². The monoisotopic (exact) mass is 310 g/mol. The normalized spacial score (nSPS) is 15.3. The van der Waals surface area contributed by atoms with Crippen LogP contribution in [0.1, 0.15) is 0 Å². The van der Waals surface area contributed by atoms with Crippen molar-refractivity contribution >= 4 is 11.3 Å². The lowest BCUT2D eigenvalue weighted by molar-refractivity contribution is 0.588. The maximum absolute atomic E-state index is 12.5. The van der Waals surface area contributed by atoms with Crippen LogP contribution in [0.2, 0.25) is 0 Å². The highest BCUT2D eigenvalue weighted by atomic mass is 16.1. The van der Waals surface area contributed by atoms with Gasteiger partial charge in [0.25, 0.3) is 5.56 Å². The molecule has 0 radical (unpaired) electrons. The van der Waals surface area contributed by atoms with Gasteiger partial charge in [-0.3, -0.25) is 13.9 Å². The average molecular weight is 310 g/mol. The van der Waals surface area contributed by atoms with E-state index in [4.69, 9.17) is 0 Å². The number of hydrogen-bond acceptors (Lipinski definition) is 5. The number of anilines is 1. The van der Waals surface area contributed by atoms with Crippen LogP contribution in [0.4, 0.5) is 5.69 Å². The van der Waals surface area contributed by atoms with Crippen molar-refractivity contribution in [3.05, 3.63) is 47.1 Å². The zero-order valence-corrected chi connectivity index (χ0v) is 12.9. The maximum atomic E-state index is 12.5. The van der Waals surface area contributed by atoms with E-state index in [1.807, 2.05) is 31.6 Å². The van der Waals surface area contributed by atoms with Crippen molar-refractivity contribution in [3.8, 4) is 11.3 Å². The molecule has 0 amide bonds. The minimum Gasteiger partial charge on any atom is -0.368 e. The fourth-order valence-corrected chi connectivity index (χ4v) is 2.90. The van der Waals surface area contributed by atoms with E-state index >= 15 is 0 Å². The van der Waals surface area contributed by atoms with Crippen molar-refractivity contribution in [2.45, 2.75) is 0 Å². The summed E-state index contributed by atoms with van der Waals surface area (Å²) in [7, 11) is 1.84. The lowest BCUT2D eigenvalue weighted by Gasteiger charge is -2.29. The van der Waals surface area contributed by atoms with Gasteiger partial charge in [-0.1, -0.05) is 0 Å². The minimum absolute atomic E-state index is 0.0779. The van der Waals surface area contributed by atoms with Crippen LogP contribution in [0.25, 0.3) is 16.9 Å². The van der Waals surface area contributed by atoms with Gasteiger partial charge in [0.05, 0.1) is 17.6 Å². The summed E-state index contributed by atoms with van der Waals surface area (Å²) in [6.45, 7) is 3.82. The predicted octanol–water partition coefficient (Wildman–Crippen LogP) is 0.505. The van der Waals surface area contributed by atoms with Crippen molar-refractivity contribution in [2.75, 3.05) is 31.1 Å². The summed E-state index contributed by atoms with van der Waals surface area (Å²) in [6.07, 6.45) is 5.45. The Morgan fingerprint density at radius 3 is 2.74 bits per heavy atom. The molecule has 0 aromatic carbocycles. The number of nitrogens with one attached hydrogen (secondary N) is 1. The second-order valence-corrected chi connectivity index (χ2v) is 5.73. The number of hydrogen-bond donors (Lipinski definition) is 1. The molecule has 1 N–H and O–H groups in total. The Balaban J connectivity index is 1.78. The SMILES string of the molecule is Cn1cc(-c2cc(=O)n3cc(N4CCNCC4)ccc3n2)cn1. The van der Waals surface area contributed by atoms with Crippen LogP contribution in [-0.2, 0) is 7.05 Å². The Morgan fingerprint density at radius 1 is 1.17 bits per heavy atom. The van der Waals surface area contributed by atoms with Crippen molar-refractivity contribution < 1.29 is 0 Å². The summed E-state index contributed by atoms with van der Waals surface area (Å²) >= 11 is 0. The van der Waals surface area contributed by atoms with Gasteiger partial charge >= 0.3 is 0 Å². The molecular formula is C16H18N6O. The first-order valence-corrected chi connectivity index (χ1v) is 7.69. The molecule has 0 spiro atoms. The molecule has 3 aromatic rings. The largest absolute Gasteiger partial charge is 0.368 e. The highest BCUT2D eigenvalue weighted by Crippen LogP contribution is 2.18. The first-order valence-electron chi connectivity index (χ1n) is 7.69. The molecule has 4 rings (SSSR count). The van der Waals surface area contributed by atoms with Crippen molar-refractivity contribution in [3.63, 3.8) is 0 Å². The van der Waals surface area contributed by atoms with Crippen molar-refractivity contribution in [1.82, 2.24) is 24.5 Å². The van der Waals surface area contributed by atoms with Gasteiger partial charge in [-0.2, -0.15) is 5.10 Å². The molecule has 1 aliphatic heterocycles. The van der Waals surface area contributed by atoms with Gasteiger partial charge < -0.3 is 10.2 Å². The lowest BCUT2D eigenvalue weighted by Crippen LogP contribution is -2.43. The zero-order valence-electron chi connectivity index (χ0n) is 12.9. The van der Waals surface area contributed by atoms with Crippen LogP contribution in [0.15, 0.2) is 41.6 Å². The lowest BCUT2D eigenvalue weighted by atomic mass is 10.2. The van der Waals surface area contributed by atoms with E-state index in [0.29, 0.717) is 11.3 Å². The molecule has 23 heavy (non-hydrogen) atoms. The van der Waals surface area contributed by atoms with Gasteiger partial charge in [-0.15, -0.1) is 0 Å². The fraction of sp³-hybridized carbons (Fsp3) is 0.312. The van der Waals surface area contributed by atoms with E-state index in [9.17, 15) is 4.79 Å². The Hall–Kier alpha value is -2.67. The predicted molar refractivity (Wildman–Crippen MR) is 88.7 cm³/mol. The Labute approximate surface area is 133 Å². The van der Waals surface area contributed by atoms with E-state index < -0.39 is 0 Å². The average Bonchev–Trinajstić information content (AvgIpc) is 3.02. The summed E-state index contributed by atoms with van der Waals surface area (Å²) in [4.78, 5) is 19.3. The summed E-state index contributed by atoms with van der Waals surface area (Å²) in [5, 5.41) is 7.46. The second kappa shape index (κ2) is 5.51. The van der Waals surface area contributed by atoms with Gasteiger partial charge in [-0.05, 0) is 12.1 Å². The standard InChI is InChI=1S/C16H18N6O/c1-20-10-12(9-18-20)14-8-16(23)22-11-13(2-3-15(22)19-14)21-6-4-17-5-7-21/h2-3,8-11,17H,4-7H2,1H3. The number of aromatic nitrogens is 4. The molecule has 0 unspecified atom stereocenters. The molecular weight excluding hydrogens is 292 g/mol. The fourth-order valence-electron chi connectivity index (χ4n) is 2.90. The quantitative estimate of drug-likeness (QED) is 0.747. The first kappa shape index (κ1) is 14.0. The van der Waals surface area contributed by atoms with Crippen LogP contribution in [-0.4, -0.2) is 45.3 Å². The smallest absolute Gasteiger partial charge is 0.258 e. The van der Waals surface area contributed by atoms with Crippen LogP contribution in [0.5, 0.6) is 0 Å². The summed E-state index contributed by atoms with van der Waals surface area (Å²) in [5.74, 6) is 0. The molecule has 0 saturated carbocycles. The van der Waals surface area contributed by atoms with E-state index in [0.717, 1.165) is 37.4 Å². The van der Waals surface area contributed by atoms with Gasteiger partial charge in [0.15, 0.2) is 0 Å². The number of nitrogens with zero attached hydrogens (tertiary/aromatic N) is 5. The van der Waals surface area contributed by atoms with Crippen molar-refractivity contribution in [2.24, 2.45) is 7.05 Å². The second-order valence-electron chi connectivity index (χ2n) is 5.73. The highest BCUT2D eigenvalue weighted by Gasteiger charge is 2.12. The number of pyridine rings is 1. The highest BCUT2D eigenvalue weighted by molar-refractivity contribution is 5.61. The molecule has 1 fully saturated rings. The van der Waals surface area contributed by atoms with Gasteiger partial charge in [0, 0.05) is 57.3 Å². The molecule has 7 nitrogen and oxygen atoms in total. The summed E-state index contributed by atoms with van der Waals surface area (Å²) < 4.78 is 3.31. The summed E-state index contributed by atoms with van der Waals surface area (Å²) in [5.41, 5.74) is 3.12. The molecule has 7 heteroatoms. The van der Waals surface area contributed by atoms with E-state index in [1.54, 1.807) is 21.3 Å². The molecule has 1 saturated heterocycles. The number of fused-ring (bicyclic) bond motifs is 1. The van der Waals surface area contributed by atoms with Crippen LogP contribution in [0.3, 0.4) is 0 Å². The van der Waals surface area contributed by atoms with Crippen LogP contribution in [0, 0.1) is 0 Å². The third kappa shape index (κ3) is 2.59. The Kier molecular flexibility index (Phi) is 3.34. The number of piperazine rings is 1. The minimum atomic E-state index is -0.0779. The van der Waals surface area contributed by atoms with Gasteiger partial charge in [-0.25, -0.2) is 4.98 Å². The third-order valence-electron chi connectivity index (χ3n) is 4.13. The summed E-state index contributed by atoms with van der Waals surface area (Å²) in [6, 6.07) is 5.49. The molecule has 1 aliphatic rings.